The molecule has 18 heavy (non-hydrogen) atoms. The number of hydrogen-bond donors (Lipinski definition) is 1. The summed E-state index contributed by atoms with van der Waals surface area (Å²) in [5, 5.41) is 2.81. The van der Waals surface area contributed by atoms with Crippen molar-refractivity contribution in [1.82, 2.24) is 10.3 Å². The highest BCUT2D eigenvalue weighted by Crippen LogP contribution is 2.21. The molecule has 2 heterocycles. The van der Waals surface area contributed by atoms with Gasteiger partial charge in [0.2, 0.25) is 0 Å². The van der Waals surface area contributed by atoms with Crippen LogP contribution in [-0.2, 0) is 9.47 Å². The Hall–Kier alpha value is -0.980. The lowest BCUT2D eigenvalue weighted by atomic mass is 10.2. The van der Waals surface area contributed by atoms with Crippen LogP contribution >= 0.6 is 15.9 Å². The minimum atomic E-state index is -0.560. The molecule has 6 heteroatoms. The molecule has 5 nitrogen and oxygen atoms in total. The van der Waals surface area contributed by atoms with Crippen LogP contribution in [0.15, 0.2) is 22.9 Å². The zero-order valence-electron chi connectivity index (χ0n) is 10.3. The molecule has 1 saturated heterocycles. The Labute approximate surface area is 114 Å². The van der Waals surface area contributed by atoms with E-state index in [2.05, 4.69) is 26.2 Å². The lowest BCUT2D eigenvalue weighted by molar-refractivity contribution is -0.137. The largest absolute Gasteiger partial charge is 0.349 e. The van der Waals surface area contributed by atoms with Crippen LogP contribution in [0.25, 0.3) is 0 Å². The van der Waals surface area contributed by atoms with Crippen molar-refractivity contribution in [1.29, 1.82) is 0 Å². The maximum Gasteiger partial charge on any atom is 0.251 e. The number of aromatic nitrogens is 1. The van der Waals surface area contributed by atoms with Crippen LogP contribution in [0.1, 0.15) is 24.2 Å². The van der Waals surface area contributed by atoms with Gasteiger partial charge in [0.15, 0.2) is 5.79 Å². The lowest BCUT2D eigenvalue weighted by Crippen LogP contribution is -2.34. The molecular formula is C12H15BrN2O3. The van der Waals surface area contributed by atoms with Crippen LogP contribution in [0, 0.1) is 0 Å². The number of carbonyl (C=O) groups is 1. The Kier molecular flexibility index (Phi) is 3.99. The first-order valence-corrected chi connectivity index (χ1v) is 6.47. The molecule has 1 amide bonds. The second-order valence-electron chi connectivity index (χ2n) is 4.53. The van der Waals surface area contributed by atoms with Crippen molar-refractivity contribution in [2.45, 2.75) is 25.7 Å². The molecule has 0 radical (unpaired) electrons. The summed E-state index contributed by atoms with van der Waals surface area (Å²) in [4.78, 5) is 15.8. The van der Waals surface area contributed by atoms with E-state index in [1.807, 2.05) is 13.8 Å². The van der Waals surface area contributed by atoms with E-state index >= 15 is 0 Å². The van der Waals surface area contributed by atoms with Crippen molar-refractivity contribution in [3.05, 3.63) is 28.5 Å². The van der Waals surface area contributed by atoms with E-state index in [9.17, 15) is 4.79 Å². The number of nitrogens with zero attached hydrogens (tertiary/aromatic N) is 1. The molecule has 1 aliphatic rings. The van der Waals surface area contributed by atoms with E-state index < -0.39 is 5.79 Å². The molecule has 0 aliphatic carbocycles. The standard InChI is InChI=1S/C12H15BrN2O3/c1-12(2)17-7-9(18-12)6-15-11(16)8-3-4-14-10(13)5-8/h3-5,9H,6-7H2,1-2H3,(H,15,16). The fourth-order valence-corrected chi connectivity index (χ4v) is 2.08. The van der Waals surface area contributed by atoms with Crippen LogP contribution in [0.4, 0.5) is 0 Å². The lowest BCUT2D eigenvalue weighted by Gasteiger charge is -2.17. The number of amides is 1. The van der Waals surface area contributed by atoms with E-state index in [0.717, 1.165) is 0 Å². The molecule has 98 valence electrons. The van der Waals surface area contributed by atoms with Gasteiger partial charge in [-0.05, 0) is 41.9 Å². The molecular weight excluding hydrogens is 300 g/mol. The first-order chi connectivity index (χ1) is 8.46. The summed E-state index contributed by atoms with van der Waals surface area (Å²) < 4.78 is 11.7. The van der Waals surface area contributed by atoms with Crippen molar-refractivity contribution in [3.8, 4) is 0 Å². The van der Waals surface area contributed by atoms with Gasteiger partial charge in [0.05, 0.1) is 6.61 Å². The van der Waals surface area contributed by atoms with E-state index in [-0.39, 0.29) is 12.0 Å². The van der Waals surface area contributed by atoms with Gasteiger partial charge in [0.1, 0.15) is 10.7 Å². The molecule has 1 aromatic heterocycles. The summed E-state index contributed by atoms with van der Waals surface area (Å²) in [6.45, 7) is 4.64. The molecule has 1 unspecified atom stereocenters. The van der Waals surface area contributed by atoms with Crippen molar-refractivity contribution >= 4 is 21.8 Å². The summed E-state index contributed by atoms with van der Waals surface area (Å²) in [7, 11) is 0. The average Bonchev–Trinajstić information content (AvgIpc) is 2.66. The Morgan fingerprint density at radius 1 is 1.67 bits per heavy atom. The number of carbonyl (C=O) groups excluding carboxylic acids is 1. The summed E-state index contributed by atoms with van der Waals surface area (Å²) in [6.07, 6.45) is 1.48. The molecule has 1 atom stereocenters. The van der Waals surface area contributed by atoms with Gasteiger partial charge in [-0.1, -0.05) is 0 Å². The van der Waals surface area contributed by atoms with Gasteiger partial charge in [0, 0.05) is 18.3 Å². The van der Waals surface area contributed by atoms with E-state index in [1.54, 1.807) is 18.3 Å². The van der Waals surface area contributed by atoms with Crippen LogP contribution in [0.2, 0.25) is 0 Å². The molecule has 0 aromatic carbocycles. The molecule has 0 spiro atoms. The molecule has 1 N–H and O–H groups in total. The second kappa shape index (κ2) is 5.34. The Morgan fingerprint density at radius 3 is 3.06 bits per heavy atom. The van der Waals surface area contributed by atoms with Crippen LogP contribution in [-0.4, -0.2) is 35.9 Å². The quantitative estimate of drug-likeness (QED) is 0.863. The summed E-state index contributed by atoms with van der Waals surface area (Å²) in [6, 6.07) is 3.33. The van der Waals surface area contributed by atoms with Crippen LogP contribution < -0.4 is 5.32 Å². The third-order valence-corrected chi connectivity index (χ3v) is 2.98. The number of hydrogen-bond acceptors (Lipinski definition) is 4. The molecule has 1 aromatic rings. The molecule has 0 bridgehead atoms. The monoisotopic (exact) mass is 314 g/mol. The first-order valence-electron chi connectivity index (χ1n) is 5.68. The fraction of sp³-hybridized carbons (Fsp3) is 0.500. The highest BCUT2D eigenvalue weighted by molar-refractivity contribution is 9.10. The number of pyridine rings is 1. The Balaban J connectivity index is 1.86. The predicted octanol–water partition coefficient (Wildman–Crippen LogP) is 1.73. The van der Waals surface area contributed by atoms with E-state index in [0.29, 0.717) is 23.3 Å². The van der Waals surface area contributed by atoms with Crippen molar-refractivity contribution < 1.29 is 14.3 Å². The SMILES string of the molecule is CC1(C)OCC(CNC(=O)c2ccnc(Br)c2)O1. The van der Waals surface area contributed by atoms with Gasteiger partial charge in [-0.25, -0.2) is 4.98 Å². The molecule has 1 aliphatic heterocycles. The van der Waals surface area contributed by atoms with Crippen LogP contribution in [0.5, 0.6) is 0 Å². The normalized spacial score (nSPS) is 21.8. The Morgan fingerprint density at radius 2 is 2.44 bits per heavy atom. The minimum absolute atomic E-state index is 0.103. The zero-order valence-corrected chi connectivity index (χ0v) is 11.9. The van der Waals surface area contributed by atoms with Gasteiger partial charge >= 0.3 is 0 Å². The number of halogens is 1. The first kappa shape index (κ1) is 13.5. The highest BCUT2D eigenvalue weighted by Gasteiger charge is 2.32. The summed E-state index contributed by atoms with van der Waals surface area (Å²) >= 11 is 3.23. The number of nitrogens with one attached hydrogen (secondary N) is 1. The molecule has 2 rings (SSSR count). The maximum absolute atomic E-state index is 11.9. The fourth-order valence-electron chi connectivity index (χ4n) is 1.72. The predicted molar refractivity (Wildman–Crippen MR) is 69.2 cm³/mol. The molecule has 1 fully saturated rings. The number of ether oxygens (including phenoxy) is 2. The van der Waals surface area contributed by atoms with Crippen LogP contribution in [0.3, 0.4) is 0 Å². The number of rotatable bonds is 3. The van der Waals surface area contributed by atoms with Gasteiger partial charge in [-0.15, -0.1) is 0 Å². The average molecular weight is 315 g/mol. The minimum Gasteiger partial charge on any atom is -0.349 e. The zero-order chi connectivity index (χ0) is 13.2. The topological polar surface area (TPSA) is 60.5 Å². The Bertz CT molecular complexity index is 451. The summed E-state index contributed by atoms with van der Waals surface area (Å²) in [5.41, 5.74) is 0.565. The van der Waals surface area contributed by atoms with Crippen molar-refractivity contribution in [2.75, 3.05) is 13.2 Å². The second-order valence-corrected chi connectivity index (χ2v) is 5.34. The van der Waals surface area contributed by atoms with Crippen molar-refractivity contribution in [2.24, 2.45) is 0 Å². The summed E-state index contributed by atoms with van der Waals surface area (Å²) in [5.74, 6) is -0.707. The van der Waals surface area contributed by atoms with Gasteiger partial charge in [0.25, 0.3) is 5.91 Å². The van der Waals surface area contributed by atoms with Gasteiger partial charge < -0.3 is 14.8 Å². The highest BCUT2D eigenvalue weighted by atomic mass is 79.9. The van der Waals surface area contributed by atoms with Crippen molar-refractivity contribution in [3.63, 3.8) is 0 Å². The van der Waals surface area contributed by atoms with Gasteiger partial charge in [-0.2, -0.15) is 0 Å². The van der Waals surface area contributed by atoms with Gasteiger partial charge in [-0.3, -0.25) is 4.79 Å². The maximum atomic E-state index is 11.9. The smallest absolute Gasteiger partial charge is 0.251 e. The van der Waals surface area contributed by atoms with E-state index in [4.69, 9.17) is 9.47 Å². The third kappa shape index (κ3) is 3.51. The molecule has 0 saturated carbocycles. The van der Waals surface area contributed by atoms with E-state index in [1.165, 1.54) is 0 Å². The third-order valence-electron chi connectivity index (χ3n) is 2.55.